The van der Waals surface area contributed by atoms with E-state index in [9.17, 15) is 0 Å². The second kappa shape index (κ2) is 12.1. The van der Waals surface area contributed by atoms with Gasteiger partial charge in [-0.05, 0) is 76.3 Å². The first kappa shape index (κ1) is 28.5. The van der Waals surface area contributed by atoms with Crippen molar-refractivity contribution in [3.05, 3.63) is 170 Å². The maximum atomic E-state index is 6.26. The van der Waals surface area contributed by atoms with E-state index >= 15 is 0 Å². The molecule has 0 aliphatic heterocycles. The number of furan rings is 1. The molecule has 0 unspecified atom stereocenters. The highest BCUT2D eigenvalue weighted by Crippen LogP contribution is 2.39. The lowest BCUT2D eigenvalue weighted by atomic mass is 9.94. The summed E-state index contributed by atoms with van der Waals surface area (Å²) in [6.45, 7) is 0. The van der Waals surface area contributed by atoms with Gasteiger partial charge in [0.2, 0.25) is 0 Å². The van der Waals surface area contributed by atoms with Crippen LogP contribution in [0.15, 0.2) is 175 Å². The molecule has 5 aromatic carbocycles. The average Bonchev–Trinajstić information content (AvgIpc) is 3.58. The number of aromatic nitrogens is 4. The highest BCUT2D eigenvalue weighted by atomic mass is 16.3. The molecule has 0 aliphatic carbocycles. The lowest BCUT2D eigenvalue weighted by Crippen LogP contribution is -1.97. The van der Waals surface area contributed by atoms with Gasteiger partial charge < -0.3 is 4.42 Å². The van der Waals surface area contributed by atoms with Gasteiger partial charge in [0.05, 0.1) is 11.4 Å². The predicted molar refractivity (Wildman–Crippen MR) is 198 cm³/mol. The molecule has 0 bridgehead atoms. The van der Waals surface area contributed by atoms with Gasteiger partial charge in [0.15, 0.2) is 5.82 Å². The molecule has 0 saturated carbocycles. The van der Waals surface area contributed by atoms with Crippen molar-refractivity contribution in [3.8, 4) is 67.3 Å². The van der Waals surface area contributed by atoms with Crippen LogP contribution >= 0.6 is 0 Å². The van der Waals surface area contributed by atoms with Gasteiger partial charge in [-0.3, -0.25) is 9.97 Å². The summed E-state index contributed by atoms with van der Waals surface area (Å²) in [5.41, 5.74) is 12.7. The SMILES string of the molecule is c1ccc(-c2nc(-c3cc(-c4ccc(-c5cccnc5)cc4)cc(-c4cccnc4)c3)cc(-c3cccc4oc5ccccc5c34)n2)cc1. The van der Waals surface area contributed by atoms with Crippen molar-refractivity contribution in [2.45, 2.75) is 0 Å². The zero-order chi connectivity index (χ0) is 32.6. The number of benzene rings is 5. The Labute approximate surface area is 283 Å². The number of hydrogen-bond donors (Lipinski definition) is 0. The van der Waals surface area contributed by atoms with Gasteiger partial charge in [0, 0.05) is 57.8 Å². The van der Waals surface area contributed by atoms with Crippen LogP contribution in [0.1, 0.15) is 0 Å². The quantitative estimate of drug-likeness (QED) is 0.183. The van der Waals surface area contributed by atoms with Crippen molar-refractivity contribution < 1.29 is 4.42 Å². The maximum absolute atomic E-state index is 6.26. The molecule has 9 rings (SSSR count). The molecule has 9 aromatic rings. The molecule has 0 amide bonds. The Morgan fingerprint density at radius 3 is 1.71 bits per heavy atom. The van der Waals surface area contributed by atoms with Crippen LogP contribution in [0.2, 0.25) is 0 Å². The van der Waals surface area contributed by atoms with Gasteiger partial charge in [-0.25, -0.2) is 9.97 Å². The van der Waals surface area contributed by atoms with E-state index in [1.165, 1.54) is 0 Å². The lowest BCUT2D eigenvalue weighted by Gasteiger charge is -2.14. The van der Waals surface area contributed by atoms with Gasteiger partial charge in [0.1, 0.15) is 11.2 Å². The Hall–Kier alpha value is -6.72. The molecule has 0 fully saturated rings. The number of rotatable bonds is 6. The summed E-state index contributed by atoms with van der Waals surface area (Å²) >= 11 is 0. The number of para-hydroxylation sites is 1. The number of pyridine rings is 2. The van der Waals surface area contributed by atoms with Crippen LogP contribution < -0.4 is 0 Å². The third-order valence-corrected chi connectivity index (χ3v) is 8.87. The van der Waals surface area contributed by atoms with Gasteiger partial charge >= 0.3 is 0 Å². The highest BCUT2D eigenvalue weighted by molar-refractivity contribution is 6.12. The van der Waals surface area contributed by atoms with Crippen LogP contribution in [0.5, 0.6) is 0 Å². The summed E-state index contributed by atoms with van der Waals surface area (Å²) < 4.78 is 6.26. The summed E-state index contributed by atoms with van der Waals surface area (Å²) in [4.78, 5) is 19.1. The van der Waals surface area contributed by atoms with Crippen LogP contribution in [0, 0.1) is 0 Å². The van der Waals surface area contributed by atoms with Crippen LogP contribution in [-0.2, 0) is 0 Å². The van der Waals surface area contributed by atoms with Gasteiger partial charge in [0.25, 0.3) is 0 Å². The van der Waals surface area contributed by atoms with Crippen LogP contribution in [-0.4, -0.2) is 19.9 Å². The maximum Gasteiger partial charge on any atom is 0.160 e. The third-order valence-electron chi connectivity index (χ3n) is 8.87. The fraction of sp³-hybridized carbons (Fsp3) is 0. The minimum absolute atomic E-state index is 0.659. The standard InChI is InChI=1S/C44H28N4O/c1-2-9-31(10-3-1)44-47-39(26-40(48-44)37-14-6-16-42-43(37)38-13-4-5-15-41(38)49-42)36-24-34(23-35(25-36)33-12-8-22-46-28-33)30-19-17-29(18-20-30)32-11-7-21-45-27-32/h1-28H. The van der Waals surface area contributed by atoms with Crippen LogP contribution in [0.4, 0.5) is 0 Å². The van der Waals surface area contributed by atoms with E-state index in [2.05, 4.69) is 94.9 Å². The number of nitrogens with zero attached hydrogens (tertiary/aromatic N) is 4. The molecule has 4 aromatic heterocycles. The van der Waals surface area contributed by atoms with Gasteiger partial charge in [-0.2, -0.15) is 0 Å². The van der Waals surface area contributed by atoms with Crippen molar-refractivity contribution in [2.24, 2.45) is 0 Å². The Kier molecular flexibility index (Phi) is 7.06. The van der Waals surface area contributed by atoms with Crippen LogP contribution in [0.3, 0.4) is 0 Å². The summed E-state index contributed by atoms with van der Waals surface area (Å²) in [5, 5.41) is 2.10. The van der Waals surface area contributed by atoms with E-state index in [4.69, 9.17) is 14.4 Å². The minimum Gasteiger partial charge on any atom is -0.456 e. The molecule has 0 atom stereocenters. The Balaban J connectivity index is 1.25. The minimum atomic E-state index is 0.659. The van der Waals surface area contributed by atoms with E-state index in [0.717, 1.165) is 83.4 Å². The lowest BCUT2D eigenvalue weighted by molar-refractivity contribution is 0.669. The first-order valence-electron chi connectivity index (χ1n) is 16.2. The van der Waals surface area contributed by atoms with E-state index in [1.807, 2.05) is 73.1 Å². The van der Waals surface area contributed by atoms with Crippen molar-refractivity contribution in [1.82, 2.24) is 19.9 Å². The molecule has 0 saturated heterocycles. The summed E-state index contributed by atoms with van der Waals surface area (Å²) in [5.74, 6) is 0.659. The summed E-state index contributed by atoms with van der Waals surface area (Å²) in [6, 6.07) is 49.9. The molecular weight excluding hydrogens is 601 g/mol. The van der Waals surface area contributed by atoms with Crippen LogP contribution in [0.25, 0.3) is 89.2 Å². The summed E-state index contributed by atoms with van der Waals surface area (Å²) in [7, 11) is 0. The number of fused-ring (bicyclic) bond motifs is 3. The monoisotopic (exact) mass is 628 g/mol. The molecule has 230 valence electrons. The highest BCUT2D eigenvalue weighted by Gasteiger charge is 2.17. The fourth-order valence-corrected chi connectivity index (χ4v) is 6.47. The molecule has 0 spiro atoms. The first-order chi connectivity index (χ1) is 24.3. The summed E-state index contributed by atoms with van der Waals surface area (Å²) in [6.07, 6.45) is 7.39. The van der Waals surface area contributed by atoms with E-state index in [1.54, 1.807) is 12.4 Å². The Morgan fingerprint density at radius 2 is 0.980 bits per heavy atom. The van der Waals surface area contributed by atoms with Crippen molar-refractivity contribution in [2.75, 3.05) is 0 Å². The Bertz CT molecular complexity index is 2580. The van der Waals surface area contributed by atoms with Gasteiger partial charge in [-0.15, -0.1) is 0 Å². The normalized spacial score (nSPS) is 11.3. The molecule has 0 aliphatic rings. The van der Waals surface area contributed by atoms with E-state index < -0.39 is 0 Å². The van der Waals surface area contributed by atoms with E-state index in [-0.39, 0.29) is 0 Å². The zero-order valence-electron chi connectivity index (χ0n) is 26.4. The smallest absolute Gasteiger partial charge is 0.160 e. The third kappa shape index (κ3) is 5.43. The molecule has 5 nitrogen and oxygen atoms in total. The Morgan fingerprint density at radius 1 is 0.388 bits per heavy atom. The number of hydrogen-bond acceptors (Lipinski definition) is 5. The fourth-order valence-electron chi connectivity index (χ4n) is 6.47. The second-order valence-corrected chi connectivity index (χ2v) is 12.0. The average molecular weight is 629 g/mol. The van der Waals surface area contributed by atoms with Crippen molar-refractivity contribution >= 4 is 21.9 Å². The molecule has 5 heteroatoms. The van der Waals surface area contributed by atoms with Gasteiger partial charge in [-0.1, -0.05) is 97.1 Å². The largest absolute Gasteiger partial charge is 0.456 e. The first-order valence-corrected chi connectivity index (χ1v) is 16.2. The van der Waals surface area contributed by atoms with E-state index in [0.29, 0.717) is 5.82 Å². The molecule has 0 radical (unpaired) electrons. The molecule has 0 N–H and O–H groups in total. The molecular formula is C44H28N4O. The molecule has 49 heavy (non-hydrogen) atoms. The van der Waals surface area contributed by atoms with Crippen molar-refractivity contribution in [3.63, 3.8) is 0 Å². The second-order valence-electron chi connectivity index (χ2n) is 12.0. The van der Waals surface area contributed by atoms with Crippen molar-refractivity contribution in [1.29, 1.82) is 0 Å². The zero-order valence-corrected chi connectivity index (χ0v) is 26.4. The predicted octanol–water partition coefficient (Wildman–Crippen LogP) is 11.2. The topological polar surface area (TPSA) is 64.7 Å². The molecule has 4 heterocycles.